The van der Waals surface area contributed by atoms with Gasteiger partial charge in [-0.25, -0.2) is 9.78 Å². The quantitative estimate of drug-likeness (QED) is 0.245. The molecule has 36 heavy (non-hydrogen) atoms. The van der Waals surface area contributed by atoms with E-state index < -0.39 is 11.6 Å². The second kappa shape index (κ2) is 11.0. The van der Waals surface area contributed by atoms with E-state index >= 15 is 0 Å². The highest BCUT2D eigenvalue weighted by molar-refractivity contribution is 7.13. The second-order valence-corrected chi connectivity index (χ2v) is 9.97. The fourth-order valence-electron chi connectivity index (χ4n) is 3.91. The van der Waals surface area contributed by atoms with E-state index in [4.69, 9.17) is 13.9 Å². The average Bonchev–Trinajstić information content (AvgIpc) is 3.52. The maximum atomic E-state index is 12.1. The van der Waals surface area contributed by atoms with Crippen LogP contribution < -0.4 is 9.47 Å². The molecule has 0 aliphatic carbocycles. The van der Waals surface area contributed by atoms with Gasteiger partial charge in [0.15, 0.2) is 0 Å². The SMILES string of the molecule is CCc1oc(-c2cccs2)nc1CCOc1ccc(CC(C)(Oc2ccc(C)c(C)c2)C(=O)O)cc1. The third-order valence-electron chi connectivity index (χ3n) is 6.18. The number of carbonyl (C=O) groups is 1. The molecule has 0 spiro atoms. The van der Waals surface area contributed by atoms with Crippen LogP contribution in [0.1, 0.15) is 42.0 Å². The largest absolute Gasteiger partial charge is 0.493 e. The molecule has 0 aliphatic heterocycles. The molecule has 4 rings (SSSR count). The van der Waals surface area contributed by atoms with Crippen molar-refractivity contribution in [3.8, 4) is 22.3 Å². The van der Waals surface area contributed by atoms with Crippen molar-refractivity contribution < 1.29 is 23.8 Å². The van der Waals surface area contributed by atoms with Crippen LogP contribution in [0.2, 0.25) is 0 Å². The molecule has 2 heterocycles. The zero-order valence-electron chi connectivity index (χ0n) is 21.0. The van der Waals surface area contributed by atoms with E-state index in [2.05, 4.69) is 11.9 Å². The molecule has 0 saturated carbocycles. The Kier molecular flexibility index (Phi) is 7.79. The Morgan fingerprint density at radius 1 is 1.08 bits per heavy atom. The molecule has 0 fully saturated rings. The number of rotatable bonds is 11. The first kappa shape index (κ1) is 25.5. The van der Waals surface area contributed by atoms with Gasteiger partial charge in [-0.3, -0.25) is 0 Å². The van der Waals surface area contributed by atoms with E-state index in [1.807, 2.05) is 73.8 Å². The van der Waals surface area contributed by atoms with Crippen LogP contribution in [0.25, 0.3) is 10.8 Å². The summed E-state index contributed by atoms with van der Waals surface area (Å²) >= 11 is 1.60. The van der Waals surface area contributed by atoms with Crippen LogP contribution in [-0.4, -0.2) is 28.3 Å². The van der Waals surface area contributed by atoms with Gasteiger partial charge in [-0.05, 0) is 73.2 Å². The Bertz CT molecular complexity index is 1310. The monoisotopic (exact) mass is 505 g/mol. The van der Waals surface area contributed by atoms with Gasteiger partial charge in [0.2, 0.25) is 11.5 Å². The first-order chi connectivity index (χ1) is 17.3. The Morgan fingerprint density at radius 3 is 2.47 bits per heavy atom. The predicted molar refractivity (Wildman–Crippen MR) is 141 cm³/mol. The molecular formula is C29H31NO5S. The van der Waals surface area contributed by atoms with Gasteiger partial charge >= 0.3 is 5.97 Å². The molecule has 1 unspecified atom stereocenters. The van der Waals surface area contributed by atoms with Gasteiger partial charge in [0.1, 0.15) is 17.3 Å². The molecule has 4 aromatic rings. The van der Waals surface area contributed by atoms with E-state index in [0.717, 1.165) is 39.4 Å². The van der Waals surface area contributed by atoms with Gasteiger partial charge in [0.05, 0.1) is 17.2 Å². The summed E-state index contributed by atoms with van der Waals surface area (Å²) in [5, 5.41) is 11.9. The van der Waals surface area contributed by atoms with Gasteiger partial charge in [-0.1, -0.05) is 31.2 Å². The number of carboxylic acid groups (broad SMARTS) is 1. The molecular weight excluding hydrogens is 474 g/mol. The minimum atomic E-state index is -1.39. The van der Waals surface area contributed by atoms with E-state index in [9.17, 15) is 9.90 Å². The number of thiophene rings is 1. The summed E-state index contributed by atoms with van der Waals surface area (Å²) in [5.74, 6) is 1.79. The van der Waals surface area contributed by atoms with Gasteiger partial charge in [0.25, 0.3) is 0 Å². The number of nitrogens with zero attached hydrogens (tertiary/aromatic N) is 1. The highest BCUT2D eigenvalue weighted by atomic mass is 32.1. The molecule has 0 aliphatic rings. The Balaban J connectivity index is 1.36. The third kappa shape index (κ3) is 5.97. The predicted octanol–water partition coefficient (Wildman–Crippen LogP) is 6.67. The molecule has 1 N–H and O–H groups in total. The maximum absolute atomic E-state index is 12.1. The number of aryl methyl sites for hydroxylation is 3. The highest BCUT2D eigenvalue weighted by Gasteiger charge is 2.36. The summed E-state index contributed by atoms with van der Waals surface area (Å²) in [5.41, 5.74) is 2.56. The topological polar surface area (TPSA) is 81.8 Å². The lowest BCUT2D eigenvalue weighted by atomic mass is 9.96. The van der Waals surface area contributed by atoms with Crippen molar-refractivity contribution in [2.24, 2.45) is 0 Å². The third-order valence-corrected chi connectivity index (χ3v) is 7.04. The van der Waals surface area contributed by atoms with Crippen molar-refractivity contribution in [3.05, 3.63) is 88.1 Å². The number of hydrogen-bond acceptors (Lipinski definition) is 6. The van der Waals surface area contributed by atoms with Crippen molar-refractivity contribution in [3.63, 3.8) is 0 Å². The van der Waals surface area contributed by atoms with E-state index in [-0.39, 0.29) is 6.42 Å². The van der Waals surface area contributed by atoms with Crippen molar-refractivity contribution in [2.75, 3.05) is 6.61 Å². The normalized spacial score (nSPS) is 12.8. The summed E-state index contributed by atoms with van der Waals surface area (Å²) < 4.78 is 17.8. The second-order valence-electron chi connectivity index (χ2n) is 9.02. The van der Waals surface area contributed by atoms with Crippen molar-refractivity contribution in [1.29, 1.82) is 0 Å². The minimum Gasteiger partial charge on any atom is -0.493 e. The standard InChI is InChI=1S/C29H31NO5S/c1-5-25-24(30-27(34-25)26-7-6-16-36-26)14-15-33-22-12-9-21(10-13-22)18-29(4,28(31)32)35-23-11-8-19(2)20(3)17-23/h6-13,16-17H,5,14-15,18H2,1-4H3,(H,31,32). The minimum absolute atomic E-state index is 0.222. The Hall–Kier alpha value is -3.58. The summed E-state index contributed by atoms with van der Waals surface area (Å²) in [6, 6.07) is 17.1. The Morgan fingerprint density at radius 2 is 1.83 bits per heavy atom. The first-order valence-corrected chi connectivity index (χ1v) is 12.9. The lowest BCUT2D eigenvalue weighted by molar-refractivity contribution is -0.153. The van der Waals surface area contributed by atoms with E-state index in [1.165, 1.54) is 0 Å². The Labute approximate surface area is 215 Å². The number of aromatic nitrogens is 1. The van der Waals surface area contributed by atoms with Crippen molar-refractivity contribution in [1.82, 2.24) is 4.98 Å². The van der Waals surface area contributed by atoms with E-state index in [0.29, 0.717) is 30.4 Å². The lowest BCUT2D eigenvalue weighted by Gasteiger charge is -2.27. The molecule has 2 aromatic carbocycles. The number of hydrogen-bond donors (Lipinski definition) is 1. The molecule has 7 heteroatoms. The number of aliphatic carboxylic acids is 1. The summed E-state index contributed by atoms with van der Waals surface area (Å²) in [7, 11) is 0. The van der Waals surface area contributed by atoms with Crippen molar-refractivity contribution in [2.45, 2.75) is 52.6 Å². The fraction of sp³-hybridized carbons (Fsp3) is 0.310. The molecule has 0 saturated heterocycles. The van der Waals surface area contributed by atoms with Crippen LogP contribution in [0.4, 0.5) is 0 Å². The molecule has 6 nitrogen and oxygen atoms in total. The summed E-state index contributed by atoms with van der Waals surface area (Å²) in [6.45, 7) is 8.10. The lowest BCUT2D eigenvalue weighted by Crippen LogP contribution is -2.43. The zero-order chi connectivity index (χ0) is 25.7. The maximum Gasteiger partial charge on any atom is 0.348 e. The number of oxazole rings is 1. The molecule has 2 aromatic heterocycles. The van der Waals surface area contributed by atoms with Crippen LogP contribution in [0.15, 0.2) is 64.4 Å². The van der Waals surface area contributed by atoms with Crippen LogP contribution in [0, 0.1) is 13.8 Å². The van der Waals surface area contributed by atoms with Crippen LogP contribution >= 0.6 is 11.3 Å². The average molecular weight is 506 g/mol. The van der Waals surface area contributed by atoms with Crippen LogP contribution in [0.5, 0.6) is 11.5 Å². The number of ether oxygens (including phenoxy) is 2. The smallest absolute Gasteiger partial charge is 0.348 e. The van der Waals surface area contributed by atoms with Crippen LogP contribution in [0.3, 0.4) is 0 Å². The molecule has 188 valence electrons. The molecule has 1 atom stereocenters. The number of carboxylic acids is 1. The van der Waals surface area contributed by atoms with Gasteiger partial charge in [0, 0.05) is 19.3 Å². The van der Waals surface area contributed by atoms with Crippen LogP contribution in [-0.2, 0) is 24.1 Å². The molecule has 0 amide bonds. The zero-order valence-corrected chi connectivity index (χ0v) is 21.9. The van der Waals surface area contributed by atoms with E-state index in [1.54, 1.807) is 18.3 Å². The number of benzene rings is 2. The van der Waals surface area contributed by atoms with Gasteiger partial charge < -0.3 is 19.0 Å². The van der Waals surface area contributed by atoms with Gasteiger partial charge in [-0.2, -0.15) is 0 Å². The van der Waals surface area contributed by atoms with Gasteiger partial charge in [-0.15, -0.1) is 11.3 Å². The first-order valence-electron chi connectivity index (χ1n) is 12.0. The summed E-state index contributed by atoms with van der Waals surface area (Å²) in [4.78, 5) is 17.8. The van der Waals surface area contributed by atoms with Crippen molar-refractivity contribution >= 4 is 17.3 Å². The molecule has 0 radical (unpaired) electrons. The highest BCUT2D eigenvalue weighted by Crippen LogP contribution is 2.28. The fourth-order valence-corrected chi connectivity index (χ4v) is 4.56. The summed E-state index contributed by atoms with van der Waals surface area (Å²) in [6.07, 6.45) is 1.63. The molecule has 0 bridgehead atoms.